The van der Waals surface area contributed by atoms with Crippen LogP contribution in [-0.4, -0.2) is 18.1 Å². The number of hydrogen-bond acceptors (Lipinski definition) is 4. The molecule has 0 aliphatic carbocycles. The Kier molecular flexibility index (Phi) is 4.93. The predicted octanol–water partition coefficient (Wildman–Crippen LogP) is 4.91. The molecule has 4 rings (SSSR count). The molecule has 0 saturated carbocycles. The maximum Gasteiger partial charge on any atom is 0.134 e. The standard InChI is InChI=1S/C22H27N3O/c1-16(2)22(20-14-18-7-3-4-8-19(18)26-20)24-15-17-9-10-23-21(13-17)25-11-5-6-12-25/h3-4,7-10,13-14,16,22,24H,5-6,11-12,15H2,1-2H3/t22-/m1/s1. The van der Waals surface area contributed by atoms with E-state index >= 15 is 0 Å². The molecule has 0 spiro atoms. The van der Waals surface area contributed by atoms with Crippen molar-refractivity contribution in [1.29, 1.82) is 0 Å². The number of fused-ring (bicyclic) bond motifs is 1. The van der Waals surface area contributed by atoms with E-state index in [0.29, 0.717) is 5.92 Å². The molecule has 2 aromatic heterocycles. The van der Waals surface area contributed by atoms with Crippen molar-refractivity contribution in [3.8, 4) is 0 Å². The molecular formula is C22H27N3O. The Morgan fingerprint density at radius 1 is 1.12 bits per heavy atom. The second-order valence-electron chi connectivity index (χ2n) is 7.51. The molecule has 3 aromatic rings. The van der Waals surface area contributed by atoms with Crippen molar-refractivity contribution in [3.05, 3.63) is 60.0 Å². The Morgan fingerprint density at radius 2 is 1.92 bits per heavy atom. The lowest BCUT2D eigenvalue weighted by Crippen LogP contribution is -2.25. The highest BCUT2D eigenvalue weighted by Gasteiger charge is 2.20. The monoisotopic (exact) mass is 349 g/mol. The van der Waals surface area contributed by atoms with Crippen LogP contribution in [0.1, 0.15) is 44.1 Å². The van der Waals surface area contributed by atoms with Crippen LogP contribution in [0.3, 0.4) is 0 Å². The maximum absolute atomic E-state index is 6.10. The van der Waals surface area contributed by atoms with Crippen LogP contribution in [0, 0.1) is 5.92 Å². The number of benzene rings is 1. The summed E-state index contributed by atoms with van der Waals surface area (Å²) < 4.78 is 6.10. The topological polar surface area (TPSA) is 41.3 Å². The van der Waals surface area contributed by atoms with Crippen molar-refractivity contribution in [2.24, 2.45) is 5.92 Å². The van der Waals surface area contributed by atoms with E-state index < -0.39 is 0 Å². The molecule has 0 radical (unpaired) electrons. The normalized spacial score (nSPS) is 15.9. The number of anilines is 1. The van der Waals surface area contributed by atoms with Crippen LogP contribution in [0.2, 0.25) is 0 Å². The molecule has 0 bridgehead atoms. The summed E-state index contributed by atoms with van der Waals surface area (Å²) in [6.45, 7) is 7.51. The van der Waals surface area contributed by atoms with Crippen LogP contribution in [0.5, 0.6) is 0 Å². The second-order valence-corrected chi connectivity index (χ2v) is 7.51. The Hall–Kier alpha value is -2.33. The number of aromatic nitrogens is 1. The average molecular weight is 349 g/mol. The predicted molar refractivity (Wildman–Crippen MR) is 106 cm³/mol. The van der Waals surface area contributed by atoms with Gasteiger partial charge in [0.15, 0.2) is 0 Å². The first-order valence-corrected chi connectivity index (χ1v) is 9.62. The molecule has 0 amide bonds. The summed E-state index contributed by atoms with van der Waals surface area (Å²) in [6, 6.07) is 14.9. The summed E-state index contributed by atoms with van der Waals surface area (Å²) in [5.41, 5.74) is 2.22. The first-order valence-electron chi connectivity index (χ1n) is 9.62. The molecule has 3 heterocycles. The van der Waals surface area contributed by atoms with Gasteiger partial charge in [0, 0.05) is 31.2 Å². The minimum Gasteiger partial charge on any atom is -0.459 e. The van der Waals surface area contributed by atoms with Crippen LogP contribution >= 0.6 is 0 Å². The molecule has 1 N–H and O–H groups in total. The number of hydrogen-bond donors (Lipinski definition) is 1. The number of rotatable bonds is 6. The maximum atomic E-state index is 6.10. The van der Waals surface area contributed by atoms with Crippen LogP contribution < -0.4 is 10.2 Å². The van der Waals surface area contributed by atoms with Gasteiger partial charge in [0.25, 0.3) is 0 Å². The number of nitrogens with zero attached hydrogens (tertiary/aromatic N) is 2. The Labute approximate surface area is 155 Å². The molecule has 1 aromatic carbocycles. The lowest BCUT2D eigenvalue weighted by atomic mass is 10.0. The van der Waals surface area contributed by atoms with Crippen LogP contribution in [0.15, 0.2) is 53.1 Å². The lowest BCUT2D eigenvalue weighted by Gasteiger charge is -2.21. The quantitative estimate of drug-likeness (QED) is 0.686. The number of nitrogens with one attached hydrogen (secondary N) is 1. The largest absolute Gasteiger partial charge is 0.459 e. The van der Waals surface area contributed by atoms with Crippen molar-refractivity contribution < 1.29 is 4.42 Å². The number of furan rings is 1. The zero-order valence-electron chi connectivity index (χ0n) is 15.6. The van der Waals surface area contributed by atoms with E-state index in [1.807, 2.05) is 18.3 Å². The third-order valence-corrected chi connectivity index (χ3v) is 5.18. The highest BCUT2D eigenvalue weighted by molar-refractivity contribution is 5.77. The number of pyridine rings is 1. The van der Waals surface area contributed by atoms with E-state index in [9.17, 15) is 0 Å². The van der Waals surface area contributed by atoms with Gasteiger partial charge in [-0.3, -0.25) is 0 Å². The third kappa shape index (κ3) is 3.61. The molecule has 1 aliphatic rings. The van der Waals surface area contributed by atoms with Gasteiger partial charge < -0.3 is 14.6 Å². The van der Waals surface area contributed by atoms with E-state index in [1.54, 1.807) is 0 Å². The third-order valence-electron chi connectivity index (χ3n) is 5.18. The molecule has 1 fully saturated rings. The van der Waals surface area contributed by atoms with Crippen molar-refractivity contribution in [2.45, 2.75) is 39.3 Å². The summed E-state index contributed by atoms with van der Waals surface area (Å²) >= 11 is 0. The summed E-state index contributed by atoms with van der Waals surface area (Å²) in [5, 5.41) is 4.85. The lowest BCUT2D eigenvalue weighted by molar-refractivity contribution is 0.349. The first kappa shape index (κ1) is 17.1. The van der Waals surface area contributed by atoms with Crippen LogP contribution in [-0.2, 0) is 6.54 Å². The van der Waals surface area contributed by atoms with Gasteiger partial charge in [-0.15, -0.1) is 0 Å². The van der Waals surface area contributed by atoms with Gasteiger partial charge in [-0.05, 0) is 48.6 Å². The fourth-order valence-corrected chi connectivity index (χ4v) is 3.74. The van der Waals surface area contributed by atoms with E-state index in [1.165, 1.54) is 18.4 Å². The number of para-hydroxylation sites is 1. The zero-order chi connectivity index (χ0) is 17.9. The molecule has 136 valence electrons. The van der Waals surface area contributed by atoms with E-state index in [4.69, 9.17) is 4.42 Å². The van der Waals surface area contributed by atoms with Crippen molar-refractivity contribution >= 4 is 16.8 Å². The Morgan fingerprint density at radius 3 is 2.69 bits per heavy atom. The van der Waals surface area contributed by atoms with Crippen LogP contribution in [0.4, 0.5) is 5.82 Å². The minimum atomic E-state index is 0.186. The zero-order valence-corrected chi connectivity index (χ0v) is 15.6. The Balaban J connectivity index is 1.49. The van der Waals surface area contributed by atoms with Gasteiger partial charge in [-0.1, -0.05) is 32.0 Å². The second kappa shape index (κ2) is 7.50. The molecule has 1 atom stereocenters. The average Bonchev–Trinajstić information content (AvgIpc) is 3.31. The van der Waals surface area contributed by atoms with Crippen molar-refractivity contribution in [1.82, 2.24) is 10.3 Å². The molecular weight excluding hydrogens is 322 g/mol. The SMILES string of the molecule is CC(C)[C@@H](NCc1ccnc(N2CCCC2)c1)c1cc2ccccc2o1. The fraction of sp³-hybridized carbons (Fsp3) is 0.409. The highest BCUT2D eigenvalue weighted by atomic mass is 16.3. The molecule has 1 saturated heterocycles. The first-order chi connectivity index (χ1) is 12.7. The Bertz CT molecular complexity index is 831. The van der Waals surface area contributed by atoms with Crippen molar-refractivity contribution in [2.75, 3.05) is 18.0 Å². The van der Waals surface area contributed by atoms with Gasteiger partial charge in [0.05, 0.1) is 6.04 Å². The molecule has 0 unspecified atom stereocenters. The van der Waals surface area contributed by atoms with Gasteiger partial charge in [-0.25, -0.2) is 4.98 Å². The molecule has 4 nitrogen and oxygen atoms in total. The summed E-state index contributed by atoms with van der Waals surface area (Å²) in [7, 11) is 0. The van der Waals surface area contributed by atoms with E-state index in [0.717, 1.165) is 42.2 Å². The molecule has 4 heteroatoms. The van der Waals surface area contributed by atoms with Gasteiger partial charge in [0.1, 0.15) is 17.2 Å². The van der Waals surface area contributed by atoms with Crippen molar-refractivity contribution in [3.63, 3.8) is 0 Å². The summed E-state index contributed by atoms with van der Waals surface area (Å²) in [5.74, 6) is 2.55. The summed E-state index contributed by atoms with van der Waals surface area (Å²) in [4.78, 5) is 6.93. The van der Waals surface area contributed by atoms with E-state index in [2.05, 4.69) is 59.4 Å². The highest BCUT2D eigenvalue weighted by Crippen LogP contribution is 2.28. The minimum absolute atomic E-state index is 0.186. The van der Waals surface area contributed by atoms with Crippen LogP contribution in [0.25, 0.3) is 11.0 Å². The fourth-order valence-electron chi connectivity index (χ4n) is 3.74. The van der Waals surface area contributed by atoms with Gasteiger partial charge in [-0.2, -0.15) is 0 Å². The smallest absolute Gasteiger partial charge is 0.134 e. The summed E-state index contributed by atoms with van der Waals surface area (Å²) in [6.07, 6.45) is 4.47. The molecule has 26 heavy (non-hydrogen) atoms. The molecule has 1 aliphatic heterocycles. The van der Waals surface area contributed by atoms with Gasteiger partial charge in [0.2, 0.25) is 0 Å². The van der Waals surface area contributed by atoms with E-state index in [-0.39, 0.29) is 6.04 Å². The van der Waals surface area contributed by atoms with Gasteiger partial charge >= 0.3 is 0 Å².